The van der Waals surface area contributed by atoms with Gasteiger partial charge >= 0.3 is 51.4 Å². The minimum atomic E-state index is -1.46. The molecule has 8 N–H and O–H groups in total. The summed E-state index contributed by atoms with van der Waals surface area (Å²) in [7, 11) is 0. The summed E-state index contributed by atoms with van der Waals surface area (Å²) < 4.78 is 5.23. The van der Waals surface area contributed by atoms with Crippen molar-refractivity contribution in [2.75, 3.05) is 6.61 Å². The van der Waals surface area contributed by atoms with E-state index in [9.17, 15) is 15.3 Å². The smallest absolute Gasteiger partial charge is 0.401 e. The first-order valence-electron chi connectivity index (χ1n) is 5.72. The Bertz CT molecular complexity index is 306. The number of nitrogens with zero attached hydrogens (tertiary/aromatic N) is 1. The average molecular weight is 317 g/mol. The van der Waals surface area contributed by atoms with Crippen LogP contribution in [0.15, 0.2) is 11.9 Å². The van der Waals surface area contributed by atoms with Crippen molar-refractivity contribution in [2.24, 2.45) is 11.6 Å². The maximum absolute atomic E-state index is 9.77. The van der Waals surface area contributed by atoms with Crippen LogP contribution in [0.5, 0.6) is 0 Å². The third kappa shape index (κ3) is 5.50. The number of hydrogen-bond donors (Lipinski definition) is 6. The molecule has 1 fully saturated rings. The maximum atomic E-state index is 9.77. The molecule has 0 aromatic carbocycles. The minimum Gasteiger partial charge on any atom is -0.401 e. The second-order valence-corrected chi connectivity index (χ2v) is 4.22. The van der Waals surface area contributed by atoms with Crippen LogP contribution in [0, 0.1) is 7.43 Å². The van der Waals surface area contributed by atoms with Crippen molar-refractivity contribution in [3.8, 4) is 0 Å². The molecule has 0 bridgehead atoms. The van der Waals surface area contributed by atoms with Gasteiger partial charge in [0.2, 0.25) is 0 Å². The molecule has 1 aliphatic heterocycles. The molecular formula is C11H24KN3O5. The van der Waals surface area contributed by atoms with E-state index in [4.69, 9.17) is 21.4 Å². The van der Waals surface area contributed by atoms with Crippen molar-refractivity contribution in [1.29, 1.82) is 0 Å². The van der Waals surface area contributed by atoms with Crippen molar-refractivity contribution < 1.29 is 76.5 Å². The third-order valence-electron chi connectivity index (χ3n) is 2.88. The van der Waals surface area contributed by atoms with Crippen molar-refractivity contribution in [2.45, 2.75) is 44.0 Å². The standard InChI is InChI=1S/C10H21N3O5.CH3.K/c1-2-5(11)3-13(12)10-9(17)8(16)7(15)6(4-14)18-10;;/h3,6-10,14-17H,2,4,11-12H2,1H3;1H3;/q;-1;+1/b5-3-;;. The molecular weight excluding hydrogens is 293 g/mol. The van der Waals surface area contributed by atoms with Gasteiger partial charge in [0.1, 0.15) is 24.4 Å². The van der Waals surface area contributed by atoms with Gasteiger partial charge in [-0.05, 0) is 6.42 Å². The fourth-order valence-corrected chi connectivity index (χ4v) is 1.68. The molecule has 114 valence electrons. The van der Waals surface area contributed by atoms with Crippen molar-refractivity contribution >= 4 is 0 Å². The van der Waals surface area contributed by atoms with Gasteiger partial charge in [0.15, 0.2) is 6.23 Å². The van der Waals surface area contributed by atoms with Gasteiger partial charge in [-0.1, -0.05) is 6.92 Å². The first-order chi connectivity index (χ1) is 8.42. The molecule has 1 saturated heterocycles. The molecule has 0 aliphatic carbocycles. The normalized spacial score (nSPS) is 33.9. The van der Waals surface area contributed by atoms with E-state index in [-0.39, 0.29) is 58.8 Å². The Hall–Kier alpha value is 0.736. The number of aliphatic hydroxyl groups is 4. The Kier molecular flexibility index (Phi) is 12.0. The zero-order valence-corrected chi connectivity index (χ0v) is 15.3. The first kappa shape index (κ1) is 23.0. The largest absolute Gasteiger partial charge is 1.00 e. The average Bonchev–Trinajstić information content (AvgIpc) is 2.36. The van der Waals surface area contributed by atoms with Crippen LogP contribution in [0.3, 0.4) is 0 Å². The molecule has 1 aliphatic rings. The van der Waals surface area contributed by atoms with Gasteiger partial charge in [-0.25, -0.2) is 5.84 Å². The maximum Gasteiger partial charge on any atom is 1.00 e. The molecule has 1 heterocycles. The van der Waals surface area contributed by atoms with Gasteiger partial charge in [-0.15, -0.1) is 0 Å². The van der Waals surface area contributed by atoms with Gasteiger partial charge in [0, 0.05) is 11.9 Å². The summed E-state index contributed by atoms with van der Waals surface area (Å²) in [6.45, 7) is 1.33. The summed E-state index contributed by atoms with van der Waals surface area (Å²) in [5, 5.41) is 39.0. The van der Waals surface area contributed by atoms with Crippen molar-refractivity contribution in [3.05, 3.63) is 19.3 Å². The summed E-state index contributed by atoms with van der Waals surface area (Å²) in [4.78, 5) is 0. The fourth-order valence-electron chi connectivity index (χ4n) is 1.68. The molecule has 5 unspecified atom stereocenters. The van der Waals surface area contributed by atoms with Gasteiger partial charge in [-0.3, -0.25) is 5.01 Å². The van der Waals surface area contributed by atoms with Crippen molar-refractivity contribution in [3.63, 3.8) is 0 Å². The molecule has 20 heavy (non-hydrogen) atoms. The van der Waals surface area contributed by atoms with Crippen LogP contribution in [-0.2, 0) is 4.74 Å². The molecule has 1 rings (SSSR count). The van der Waals surface area contributed by atoms with Crippen LogP contribution in [0.1, 0.15) is 13.3 Å². The topological polar surface area (TPSA) is 145 Å². The van der Waals surface area contributed by atoms with E-state index in [1.165, 1.54) is 6.20 Å². The second kappa shape index (κ2) is 10.5. The van der Waals surface area contributed by atoms with E-state index in [1.807, 2.05) is 6.92 Å². The van der Waals surface area contributed by atoms with Gasteiger partial charge in [-0.2, -0.15) is 0 Å². The number of hydrogen-bond acceptors (Lipinski definition) is 8. The molecule has 0 aromatic heterocycles. The van der Waals surface area contributed by atoms with Crippen molar-refractivity contribution in [1.82, 2.24) is 5.01 Å². The Balaban J connectivity index is 0. The van der Waals surface area contributed by atoms with Gasteiger partial charge < -0.3 is 38.3 Å². The molecule has 0 amide bonds. The zero-order chi connectivity index (χ0) is 13.9. The van der Waals surface area contributed by atoms with Crippen LogP contribution in [0.25, 0.3) is 0 Å². The predicted octanol–water partition coefficient (Wildman–Crippen LogP) is -5.37. The summed E-state index contributed by atoms with van der Waals surface area (Å²) in [6, 6.07) is 0. The number of nitrogens with two attached hydrogens (primary N) is 2. The summed E-state index contributed by atoms with van der Waals surface area (Å²) in [5.41, 5.74) is 6.06. The molecule has 0 spiro atoms. The number of ether oxygens (including phenoxy) is 1. The van der Waals surface area contributed by atoms with Gasteiger partial charge in [0.25, 0.3) is 0 Å². The van der Waals surface area contributed by atoms with E-state index in [0.717, 1.165) is 5.01 Å². The summed E-state index contributed by atoms with van der Waals surface area (Å²) >= 11 is 0. The van der Waals surface area contributed by atoms with Crippen LogP contribution >= 0.6 is 0 Å². The van der Waals surface area contributed by atoms with E-state index < -0.39 is 37.3 Å². The Morgan fingerprint density at radius 2 is 1.80 bits per heavy atom. The number of aliphatic hydroxyl groups excluding tert-OH is 4. The Morgan fingerprint density at radius 3 is 2.25 bits per heavy atom. The molecule has 0 aromatic rings. The van der Waals surface area contributed by atoms with Gasteiger partial charge in [0.05, 0.1) is 6.61 Å². The van der Waals surface area contributed by atoms with Crippen LogP contribution < -0.4 is 63.0 Å². The number of allylic oxidation sites excluding steroid dienone is 1. The van der Waals surface area contributed by atoms with E-state index in [1.54, 1.807) is 0 Å². The zero-order valence-electron chi connectivity index (χ0n) is 12.2. The predicted molar refractivity (Wildman–Crippen MR) is 68.8 cm³/mol. The molecule has 0 saturated carbocycles. The van der Waals surface area contributed by atoms with E-state index >= 15 is 0 Å². The molecule has 0 radical (unpaired) electrons. The summed E-state index contributed by atoms with van der Waals surface area (Å²) in [6.07, 6.45) is -4.42. The Morgan fingerprint density at radius 1 is 1.25 bits per heavy atom. The Labute approximate surface area is 161 Å². The molecule has 9 heteroatoms. The first-order valence-corrected chi connectivity index (χ1v) is 5.72. The van der Waals surface area contributed by atoms with Crippen LogP contribution in [-0.4, -0.2) is 62.7 Å². The quantitative estimate of drug-likeness (QED) is 0.130. The van der Waals surface area contributed by atoms with Crippen LogP contribution in [0.4, 0.5) is 0 Å². The SMILES string of the molecule is CC/C(N)=C/N(N)C1OC(CO)C(O)C(O)C1O.[CH3-].[K+]. The molecule has 5 atom stereocenters. The minimum absolute atomic E-state index is 0. The van der Waals surface area contributed by atoms with E-state index in [0.29, 0.717) is 12.1 Å². The number of hydrazine groups is 1. The summed E-state index contributed by atoms with van der Waals surface area (Å²) in [5.74, 6) is 5.66. The van der Waals surface area contributed by atoms with Crippen LogP contribution in [0.2, 0.25) is 0 Å². The number of rotatable bonds is 4. The fraction of sp³-hybridized carbons (Fsp3) is 0.727. The molecule has 8 nitrogen and oxygen atoms in total. The monoisotopic (exact) mass is 317 g/mol. The second-order valence-electron chi connectivity index (χ2n) is 4.22. The van der Waals surface area contributed by atoms with E-state index in [2.05, 4.69) is 0 Å². The third-order valence-corrected chi connectivity index (χ3v) is 2.88.